The van der Waals surface area contributed by atoms with E-state index in [9.17, 15) is 4.79 Å². The summed E-state index contributed by atoms with van der Waals surface area (Å²) >= 11 is 0. The molecule has 0 bridgehead atoms. The minimum absolute atomic E-state index is 0.349. The van der Waals surface area contributed by atoms with Crippen molar-refractivity contribution in [2.75, 3.05) is 7.05 Å². The predicted molar refractivity (Wildman–Crippen MR) is 138 cm³/mol. The third-order valence-electron chi connectivity index (χ3n) is 12.8. The molecule has 5 aliphatic rings. The van der Waals surface area contributed by atoms with Crippen molar-refractivity contribution in [3.63, 3.8) is 0 Å². The highest BCUT2D eigenvalue weighted by atomic mass is 16.2. The lowest BCUT2D eigenvalue weighted by molar-refractivity contribution is -0.175. The fraction of sp³-hybridized carbons (Fsp3) is 0.968. The van der Waals surface area contributed by atoms with Crippen LogP contribution in [0.25, 0.3) is 0 Å². The Balaban J connectivity index is 1.43. The van der Waals surface area contributed by atoms with Gasteiger partial charge in [0, 0.05) is 19.5 Å². The molecule has 2 nitrogen and oxygen atoms in total. The average molecular weight is 456 g/mol. The second-order valence-corrected chi connectivity index (χ2v) is 14.5. The molecular weight excluding hydrogens is 402 g/mol. The first-order chi connectivity index (χ1) is 15.6. The van der Waals surface area contributed by atoms with Crippen LogP contribution >= 0.6 is 0 Å². The van der Waals surface area contributed by atoms with Crippen LogP contribution in [0.15, 0.2) is 0 Å². The number of carbonyl (C=O) groups excluding carboxylic acids is 1. The molecule has 0 radical (unpaired) electrons. The van der Waals surface area contributed by atoms with Crippen LogP contribution in [-0.2, 0) is 4.79 Å². The molecule has 1 heterocycles. The molecule has 7 unspecified atom stereocenters. The molecule has 1 spiro atoms. The van der Waals surface area contributed by atoms with Crippen LogP contribution in [0, 0.1) is 57.7 Å². The van der Waals surface area contributed by atoms with Gasteiger partial charge in [0.05, 0.1) is 0 Å². The smallest absolute Gasteiger partial charge is 0.222 e. The molecule has 0 N–H and O–H groups in total. The van der Waals surface area contributed by atoms with Crippen molar-refractivity contribution in [2.24, 2.45) is 57.7 Å². The minimum atomic E-state index is 0.349. The van der Waals surface area contributed by atoms with Gasteiger partial charge in [0.2, 0.25) is 5.91 Å². The summed E-state index contributed by atoms with van der Waals surface area (Å²) in [5.74, 6) is 6.71. The number of fused-ring (bicyclic) bond motifs is 6. The number of nitrogens with zero attached hydrogens (tertiary/aromatic N) is 1. The molecule has 5 fully saturated rings. The molecule has 5 rings (SSSR count). The van der Waals surface area contributed by atoms with Gasteiger partial charge in [0.15, 0.2) is 0 Å². The Hall–Kier alpha value is -0.530. The van der Waals surface area contributed by atoms with Crippen molar-refractivity contribution >= 4 is 5.91 Å². The Morgan fingerprint density at radius 3 is 2.36 bits per heavy atom. The van der Waals surface area contributed by atoms with Gasteiger partial charge in [-0.2, -0.15) is 0 Å². The van der Waals surface area contributed by atoms with Crippen molar-refractivity contribution in [1.82, 2.24) is 4.90 Å². The molecule has 2 heteroatoms. The first kappa shape index (κ1) is 24.2. The van der Waals surface area contributed by atoms with Gasteiger partial charge in [-0.05, 0) is 103 Å². The normalized spacial score (nSPS) is 49.7. The van der Waals surface area contributed by atoms with Crippen LogP contribution in [0.1, 0.15) is 119 Å². The molecule has 188 valence electrons. The summed E-state index contributed by atoms with van der Waals surface area (Å²) in [5, 5.41) is 0. The second kappa shape index (κ2) is 8.26. The van der Waals surface area contributed by atoms with E-state index in [-0.39, 0.29) is 0 Å². The molecule has 0 aromatic carbocycles. The van der Waals surface area contributed by atoms with E-state index in [0.29, 0.717) is 28.2 Å². The summed E-state index contributed by atoms with van der Waals surface area (Å²) in [5.41, 5.74) is 1.46. The van der Waals surface area contributed by atoms with Crippen LogP contribution in [0.2, 0.25) is 0 Å². The van der Waals surface area contributed by atoms with Crippen molar-refractivity contribution in [2.45, 2.75) is 125 Å². The number of piperidine rings is 1. The van der Waals surface area contributed by atoms with Gasteiger partial charge in [0.25, 0.3) is 0 Å². The van der Waals surface area contributed by atoms with Crippen LogP contribution in [0.4, 0.5) is 0 Å². The summed E-state index contributed by atoms with van der Waals surface area (Å²) in [4.78, 5) is 15.0. The topological polar surface area (TPSA) is 20.3 Å². The SMILES string of the molecule is CCC1CC12C[C@H]1N(C)C(=O)CC[C@]1(C)C1CC[C@]3(C)C(C(C)CCCC(C)C)CCC3C12. The summed E-state index contributed by atoms with van der Waals surface area (Å²) in [6.07, 6.45) is 16.2. The maximum Gasteiger partial charge on any atom is 0.222 e. The summed E-state index contributed by atoms with van der Waals surface area (Å²) in [7, 11) is 2.14. The second-order valence-electron chi connectivity index (χ2n) is 14.5. The zero-order valence-electron chi connectivity index (χ0n) is 23.0. The molecule has 4 saturated carbocycles. The van der Waals surface area contributed by atoms with Crippen LogP contribution in [0.3, 0.4) is 0 Å². The average Bonchev–Trinajstić information content (AvgIpc) is 3.35. The van der Waals surface area contributed by atoms with Gasteiger partial charge in [-0.1, -0.05) is 67.2 Å². The predicted octanol–water partition coefficient (Wildman–Crippen LogP) is 7.95. The van der Waals surface area contributed by atoms with Crippen molar-refractivity contribution < 1.29 is 4.79 Å². The lowest BCUT2D eigenvalue weighted by Crippen LogP contribution is -2.64. The van der Waals surface area contributed by atoms with Gasteiger partial charge in [-0.3, -0.25) is 4.79 Å². The lowest BCUT2D eigenvalue weighted by Gasteiger charge is -2.65. The maximum atomic E-state index is 12.7. The summed E-state index contributed by atoms with van der Waals surface area (Å²) < 4.78 is 0. The molecule has 10 atom stereocenters. The first-order valence-corrected chi connectivity index (χ1v) is 14.8. The Morgan fingerprint density at radius 2 is 1.70 bits per heavy atom. The van der Waals surface area contributed by atoms with Gasteiger partial charge in [-0.25, -0.2) is 0 Å². The highest BCUT2D eigenvalue weighted by Crippen LogP contribution is 2.78. The fourth-order valence-corrected chi connectivity index (χ4v) is 10.9. The lowest BCUT2D eigenvalue weighted by atomic mass is 9.42. The highest BCUT2D eigenvalue weighted by Gasteiger charge is 2.73. The third-order valence-corrected chi connectivity index (χ3v) is 12.8. The van der Waals surface area contributed by atoms with Gasteiger partial charge in [-0.15, -0.1) is 0 Å². The van der Waals surface area contributed by atoms with Crippen molar-refractivity contribution in [1.29, 1.82) is 0 Å². The van der Waals surface area contributed by atoms with E-state index >= 15 is 0 Å². The van der Waals surface area contributed by atoms with Crippen LogP contribution < -0.4 is 0 Å². The Kier molecular flexibility index (Phi) is 6.05. The monoisotopic (exact) mass is 455 g/mol. The van der Waals surface area contributed by atoms with Crippen molar-refractivity contribution in [3.05, 3.63) is 0 Å². The quantitative estimate of drug-likeness (QED) is 0.398. The number of rotatable bonds is 6. The molecule has 1 aliphatic heterocycles. The number of amides is 1. The van der Waals surface area contributed by atoms with Crippen LogP contribution in [-0.4, -0.2) is 23.9 Å². The molecular formula is C31H53NO. The third kappa shape index (κ3) is 3.49. The number of likely N-dealkylation sites (tertiary alicyclic amines) is 1. The number of carbonyl (C=O) groups is 1. The van der Waals surface area contributed by atoms with E-state index in [1.54, 1.807) is 0 Å². The zero-order chi connectivity index (χ0) is 23.8. The van der Waals surface area contributed by atoms with Crippen molar-refractivity contribution in [3.8, 4) is 0 Å². The standard InChI is InChI=1S/C31H53NO/c1-8-22-18-31(22)19-26-30(6,17-15-27(33)32(26)7)25-14-16-29(5)23(12-13-24(29)28(25)31)21(4)11-9-10-20(2)3/h20-26,28H,8-19H2,1-7H3/t21?,22?,23?,24?,25?,26-,28?,29-,30-,31?/m1/s1. The molecule has 0 aromatic heterocycles. The van der Waals surface area contributed by atoms with E-state index in [1.807, 2.05) is 0 Å². The Bertz CT molecular complexity index is 760. The Labute approximate surface area is 205 Å². The van der Waals surface area contributed by atoms with E-state index in [1.165, 1.54) is 64.2 Å². The van der Waals surface area contributed by atoms with Gasteiger partial charge in [0.1, 0.15) is 0 Å². The molecule has 4 aliphatic carbocycles. The maximum absolute atomic E-state index is 12.7. The van der Waals surface area contributed by atoms with Gasteiger partial charge < -0.3 is 4.90 Å². The molecule has 33 heavy (non-hydrogen) atoms. The molecule has 0 aromatic rings. The minimum Gasteiger partial charge on any atom is -0.342 e. The summed E-state index contributed by atoms with van der Waals surface area (Å²) in [6.45, 7) is 15.2. The van der Waals surface area contributed by atoms with Crippen LogP contribution in [0.5, 0.6) is 0 Å². The van der Waals surface area contributed by atoms with E-state index in [2.05, 4.69) is 53.5 Å². The summed E-state index contributed by atoms with van der Waals surface area (Å²) in [6, 6.07) is 0.494. The molecule has 1 saturated heterocycles. The highest BCUT2D eigenvalue weighted by molar-refractivity contribution is 5.77. The fourth-order valence-electron chi connectivity index (χ4n) is 10.9. The molecule has 1 amide bonds. The first-order valence-electron chi connectivity index (χ1n) is 14.8. The van der Waals surface area contributed by atoms with E-state index in [4.69, 9.17) is 0 Å². The largest absolute Gasteiger partial charge is 0.342 e. The number of hydrogen-bond donors (Lipinski definition) is 0. The zero-order valence-corrected chi connectivity index (χ0v) is 23.0. The van der Waals surface area contributed by atoms with E-state index < -0.39 is 0 Å². The Morgan fingerprint density at radius 1 is 0.970 bits per heavy atom. The van der Waals surface area contributed by atoms with E-state index in [0.717, 1.165) is 54.3 Å². The number of hydrogen-bond acceptors (Lipinski definition) is 1. The van der Waals surface area contributed by atoms with Gasteiger partial charge >= 0.3 is 0 Å².